The van der Waals surface area contributed by atoms with Crippen LogP contribution in [-0.2, 0) is 4.79 Å². The highest BCUT2D eigenvalue weighted by Gasteiger charge is 2.14. The molecule has 3 rings (SSSR count). The Kier molecular flexibility index (Phi) is 8.60. The largest absolute Gasteiger partial charge is 0.483 e. The first-order valence-corrected chi connectivity index (χ1v) is 11.7. The van der Waals surface area contributed by atoms with Crippen LogP contribution in [-0.4, -0.2) is 24.7 Å². The third kappa shape index (κ3) is 6.78. The molecule has 3 aromatic carbocycles. The lowest BCUT2D eigenvalue weighted by molar-refractivity contribution is -0.123. The van der Waals surface area contributed by atoms with Crippen molar-refractivity contribution >= 4 is 34.0 Å². The van der Waals surface area contributed by atoms with Gasteiger partial charge in [0.1, 0.15) is 11.5 Å². The molecule has 6 nitrogen and oxygen atoms in total. The second kappa shape index (κ2) is 11.6. The summed E-state index contributed by atoms with van der Waals surface area (Å²) < 4.78 is 12.0. The number of carbonyl (C=O) groups excluding carboxylic acids is 2. The summed E-state index contributed by atoms with van der Waals surface area (Å²) in [5.74, 6) is 0.487. The number of nitrogens with one attached hydrogen (secondary N) is 1. The van der Waals surface area contributed by atoms with E-state index in [1.165, 1.54) is 6.21 Å². The molecule has 0 aliphatic carbocycles. The van der Waals surface area contributed by atoms with E-state index in [-0.39, 0.29) is 6.61 Å². The van der Waals surface area contributed by atoms with Crippen molar-refractivity contribution < 1.29 is 19.1 Å². The fourth-order valence-electron chi connectivity index (χ4n) is 3.15. The van der Waals surface area contributed by atoms with Crippen molar-refractivity contribution in [3.8, 4) is 11.5 Å². The molecule has 0 spiro atoms. The smallest absolute Gasteiger partial charge is 0.343 e. The first kappa shape index (κ1) is 25.2. The molecular weight excluding hydrogens is 496 g/mol. The molecule has 3 aromatic rings. The van der Waals surface area contributed by atoms with E-state index in [0.717, 1.165) is 21.2 Å². The van der Waals surface area contributed by atoms with E-state index in [4.69, 9.17) is 9.47 Å². The predicted molar refractivity (Wildman–Crippen MR) is 137 cm³/mol. The van der Waals surface area contributed by atoms with Crippen LogP contribution in [0.2, 0.25) is 0 Å². The molecule has 0 fully saturated rings. The van der Waals surface area contributed by atoms with Crippen LogP contribution >= 0.6 is 15.9 Å². The molecule has 0 aliphatic heterocycles. The molecule has 176 valence electrons. The summed E-state index contributed by atoms with van der Waals surface area (Å²) >= 11 is 3.40. The van der Waals surface area contributed by atoms with Gasteiger partial charge in [-0.25, -0.2) is 10.2 Å². The number of nitrogens with zero attached hydrogens (tertiary/aromatic N) is 1. The van der Waals surface area contributed by atoms with Crippen molar-refractivity contribution in [2.45, 2.75) is 33.6 Å². The highest BCUT2D eigenvalue weighted by atomic mass is 79.9. The molecule has 1 amide bonds. The number of aryl methyl sites for hydroxylation is 2. The Morgan fingerprint density at radius 2 is 1.76 bits per heavy atom. The maximum Gasteiger partial charge on any atom is 0.343 e. The first-order valence-electron chi connectivity index (χ1n) is 10.9. The van der Waals surface area contributed by atoms with Crippen LogP contribution in [0.3, 0.4) is 0 Å². The van der Waals surface area contributed by atoms with E-state index in [1.54, 1.807) is 30.3 Å². The molecule has 0 saturated heterocycles. The maximum absolute atomic E-state index is 12.6. The average molecular weight is 523 g/mol. The van der Waals surface area contributed by atoms with Crippen molar-refractivity contribution in [3.05, 3.63) is 93.0 Å². The van der Waals surface area contributed by atoms with E-state index >= 15 is 0 Å². The van der Waals surface area contributed by atoms with Crippen molar-refractivity contribution in [2.75, 3.05) is 6.61 Å². The predicted octanol–water partition coefficient (Wildman–Crippen LogP) is 5.94. The Hall–Kier alpha value is -3.45. The van der Waals surface area contributed by atoms with Crippen LogP contribution in [0, 0.1) is 13.8 Å². The SMILES string of the molecule is Cc1ccc(C(C)C)cc1OCC(=O)N/N=C\c1cc(Br)ccc1OC(=O)c1ccccc1C. The number of hydrogen-bond acceptors (Lipinski definition) is 5. The first-order chi connectivity index (χ1) is 16.2. The monoisotopic (exact) mass is 522 g/mol. The number of carbonyl (C=O) groups is 2. The average Bonchev–Trinajstić information content (AvgIpc) is 2.80. The van der Waals surface area contributed by atoms with Gasteiger partial charge in [-0.15, -0.1) is 0 Å². The third-order valence-electron chi connectivity index (χ3n) is 5.17. The lowest BCUT2D eigenvalue weighted by Crippen LogP contribution is -2.24. The Labute approximate surface area is 208 Å². The molecule has 1 N–H and O–H groups in total. The number of benzene rings is 3. The summed E-state index contributed by atoms with van der Waals surface area (Å²) in [7, 11) is 0. The van der Waals surface area contributed by atoms with Crippen LogP contribution in [0.4, 0.5) is 0 Å². The van der Waals surface area contributed by atoms with Crippen molar-refractivity contribution in [3.63, 3.8) is 0 Å². The molecule has 0 saturated carbocycles. The number of hydrazone groups is 1. The second-order valence-corrected chi connectivity index (χ2v) is 9.06. The second-order valence-electron chi connectivity index (χ2n) is 8.15. The van der Waals surface area contributed by atoms with Crippen molar-refractivity contribution in [2.24, 2.45) is 5.10 Å². The lowest BCUT2D eigenvalue weighted by atomic mass is 10.0. The molecule has 0 bridgehead atoms. The fourth-order valence-corrected chi connectivity index (χ4v) is 3.53. The molecule has 34 heavy (non-hydrogen) atoms. The van der Waals surface area contributed by atoms with E-state index < -0.39 is 11.9 Å². The van der Waals surface area contributed by atoms with Gasteiger partial charge in [-0.1, -0.05) is 60.1 Å². The summed E-state index contributed by atoms with van der Waals surface area (Å²) in [4.78, 5) is 24.8. The zero-order chi connectivity index (χ0) is 24.7. The zero-order valence-electron chi connectivity index (χ0n) is 19.6. The van der Waals surface area contributed by atoms with Crippen LogP contribution in [0.25, 0.3) is 0 Å². The summed E-state index contributed by atoms with van der Waals surface area (Å²) in [6.45, 7) is 7.81. The van der Waals surface area contributed by atoms with Crippen molar-refractivity contribution in [1.29, 1.82) is 0 Å². The maximum atomic E-state index is 12.6. The van der Waals surface area contributed by atoms with Gasteiger partial charge in [-0.2, -0.15) is 5.10 Å². The highest BCUT2D eigenvalue weighted by molar-refractivity contribution is 9.10. The van der Waals surface area contributed by atoms with Gasteiger partial charge < -0.3 is 9.47 Å². The Morgan fingerprint density at radius 3 is 2.50 bits per heavy atom. The van der Waals surface area contributed by atoms with Gasteiger partial charge in [-0.05, 0) is 66.8 Å². The zero-order valence-corrected chi connectivity index (χ0v) is 21.2. The quantitative estimate of drug-likeness (QED) is 0.172. The van der Waals surface area contributed by atoms with Gasteiger partial charge in [-0.3, -0.25) is 4.79 Å². The molecule has 0 aliphatic rings. The standard InChI is InChI=1S/C27H27BrN2O4/c1-17(2)20-10-9-19(4)25(14-20)33-16-26(31)30-29-15-21-13-22(28)11-12-24(21)34-27(32)23-8-6-5-7-18(23)3/h5-15,17H,16H2,1-4H3,(H,30,31)/b29-15-. The van der Waals surface area contributed by atoms with Gasteiger partial charge in [0.15, 0.2) is 6.61 Å². The summed E-state index contributed by atoms with van der Waals surface area (Å²) in [6.07, 6.45) is 1.42. The Bertz CT molecular complexity index is 1220. The van der Waals surface area contributed by atoms with E-state index in [1.807, 2.05) is 38.1 Å². The van der Waals surface area contributed by atoms with Crippen molar-refractivity contribution in [1.82, 2.24) is 5.43 Å². The normalized spacial score (nSPS) is 11.0. The molecule has 0 atom stereocenters. The summed E-state index contributed by atoms with van der Waals surface area (Å²) in [5, 5.41) is 4.00. The van der Waals surface area contributed by atoms with Gasteiger partial charge in [0, 0.05) is 10.0 Å². The molecule has 0 aromatic heterocycles. The fraction of sp³-hybridized carbons (Fsp3) is 0.222. The Morgan fingerprint density at radius 1 is 1.00 bits per heavy atom. The minimum absolute atomic E-state index is 0.173. The number of ether oxygens (including phenoxy) is 2. The van der Waals surface area contributed by atoms with Crippen LogP contribution < -0.4 is 14.9 Å². The summed E-state index contributed by atoms with van der Waals surface area (Å²) in [5.41, 5.74) is 6.37. The molecule has 0 heterocycles. The number of rotatable bonds is 8. The molecule has 0 unspecified atom stereocenters. The van der Waals surface area contributed by atoms with Gasteiger partial charge in [0.2, 0.25) is 0 Å². The number of halogens is 1. The molecule has 7 heteroatoms. The van der Waals surface area contributed by atoms with E-state index in [2.05, 4.69) is 46.4 Å². The highest BCUT2D eigenvalue weighted by Crippen LogP contribution is 2.25. The van der Waals surface area contributed by atoms with E-state index in [9.17, 15) is 9.59 Å². The molecular formula is C27H27BrN2O4. The summed E-state index contributed by atoms with van der Waals surface area (Å²) in [6, 6.07) is 18.4. The van der Waals surface area contributed by atoms with Gasteiger partial charge in [0.25, 0.3) is 5.91 Å². The van der Waals surface area contributed by atoms with Crippen LogP contribution in [0.1, 0.15) is 52.4 Å². The van der Waals surface area contributed by atoms with Gasteiger partial charge in [0.05, 0.1) is 11.8 Å². The number of hydrogen-bond donors (Lipinski definition) is 1. The topological polar surface area (TPSA) is 77.0 Å². The third-order valence-corrected chi connectivity index (χ3v) is 5.66. The lowest BCUT2D eigenvalue weighted by Gasteiger charge is -2.12. The van der Waals surface area contributed by atoms with Crippen LogP contribution in [0.5, 0.6) is 11.5 Å². The van der Waals surface area contributed by atoms with Crippen LogP contribution in [0.15, 0.2) is 70.2 Å². The van der Waals surface area contributed by atoms with Gasteiger partial charge >= 0.3 is 5.97 Å². The Balaban J connectivity index is 1.64. The number of esters is 1. The number of amides is 1. The minimum Gasteiger partial charge on any atom is -0.483 e. The van der Waals surface area contributed by atoms with E-state index in [0.29, 0.717) is 28.5 Å². The minimum atomic E-state index is -0.466. The molecule has 0 radical (unpaired) electrons.